The molecule has 0 bridgehead atoms. The van der Waals surface area contributed by atoms with Gasteiger partial charge in [0.1, 0.15) is 0 Å². The molecule has 0 spiro atoms. The molecule has 1 nitrogen and oxygen atoms in total. The molecule has 8 heavy (non-hydrogen) atoms. The zero-order valence-electron chi connectivity index (χ0n) is 4.24. The molecule has 1 rings (SSSR count). The molecule has 0 fully saturated rings. The Bertz CT molecular complexity index is 150. The first-order valence-electron chi connectivity index (χ1n) is 2.30. The molecule has 1 aromatic carbocycles. The molecular formula is C6H5OTa. The Balaban J connectivity index is 2.83. The van der Waals surface area contributed by atoms with Gasteiger partial charge < -0.3 is 0 Å². The van der Waals surface area contributed by atoms with Crippen LogP contribution >= 0.6 is 0 Å². The van der Waals surface area contributed by atoms with Gasteiger partial charge in [-0.2, -0.15) is 0 Å². The molecule has 0 aliphatic carbocycles. The van der Waals surface area contributed by atoms with E-state index in [0.717, 1.165) is 27.2 Å². The molecule has 0 atom stereocenters. The Morgan fingerprint density at radius 2 is 1.75 bits per heavy atom. The number of hydrogen-bond acceptors (Lipinski definition) is 1. The van der Waals surface area contributed by atoms with Gasteiger partial charge in [0.05, 0.1) is 0 Å². The average molecular weight is 274 g/mol. The van der Waals surface area contributed by atoms with Gasteiger partial charge in [0.25, 0.3) is 0 Å². The van der Waals surface area contributed by atoms with Crippen molar-refractivity contribution in [3.63, 3.8) is 0 Å². The van der Waals surface area contributed by atoms with Crippen LogP contribution in [0.25, 0.3) is 0 Å². The van der Waals surface area contributed by atoms with Crippen LogP contribution in [-0.4, -0.2) is 0 Å². The minimum atomic E-state index is 0.954. The van der Waals surface area contributed by atoms with Gasteiger partial charge >= 0.3 is 60.8 Å². The Hall–Kier alpha value is -0.240. The molecule has 0 aromatic heterocycles. The maximum atomic E-state index is 5.03. The summed E-state index contributed by atoms with van der Waals surface area (Å²) in [5.41, 5.74) is 0. The zero-order chi connectivity index (χ0) is 5.82. The van der Waals surface area contributed by atoms with E-state index in [1.165, 1.54) is 0 Å². The van der Waals surface area contributed by atoms with Crippen molar-refractivity contribution in [2.45, 2.75) is 0 Å². The SMILES string of the molecule is [Ta][O]c1ccccc1. The van der Waals surface area contributed by atoms with Crippen molar-refractivity contribution >= 4 is 0 Å². The van der Waals surface area contributed by atoms with E-state index in [1.807, 2.05) is 30.3 Å². The first kappa shape index (κ1) is 5.89. The number of hydrogen-bond donors (Lipinski definition) is 0. The average Bonchev–Trinajstić information content (AvgIpc) is 1.90. The van der Waals surface area contributed by atoms with E-state index < -0.39 is 0 Å². The van der Waals surface area contributed by atoms with Gasteiger partial charge in [-0.15, -0.1) is 0 Å². The van der Waals surface area contributed by atoms with Crippen molar-refractivity contribution in [1.82, 2.24) is 0 Å². The summed E-state index contributed by atoms with van der Waals surface area (Å²) in [5.74, 6) is 0.959. The molecule has 0 N–H and O–H groups in total. The van der Waals surface area contributed by atoms with Crippen molar-refractivity contribution < 1.29 is 24.7 Å². The van der Waals surface area contributed by atoms with Crippen LogP contribution in [0.3, 0.4) is 0 Å². The third-order valence-corrected chi connectivity index (χ3v) is 1.61. The van der Waals surface area contributed by atoms with Crippen molar-refractivity contribution in [2.75, 3.05) is 0 Å². The van der Waals surface area contributed by atoms with Crippen molar-refractivity contribution in [3.05, 3.63) is 30.3 Å². The molecule has 0 saturated carbocycles. The van der Waals surface area contributed by atoms with E-state index in [9.17, 15) is 0 Å². The quantitative estimate of drug-likeness (QED) is 0.754. The van der Waals surface area contributed by atoms with Gasteiger partial charge in [0.2, 0.25) is 0 Å². The van der Waals surface area contributed by atoms with Crippen LogP contribution in [0.5, 0.6) is 5.75 Å². The normalized spacial score (nSPS) is 8.50. The summed E-state index contributed by atoms with van der Waals surface area (Å²) < 4.78 is 5.03. The number of rotatable bonds is 1. The summed E-state index contributed by atoms with van der Waals surface area (Å²) in [6.45, 7) is 0. The summed E-state index contributed by atoms with van der Waals surface area (Å²) in [6.07, 6.45) is 0. The molecule has 0 aliphatic heterocycles. The molecule has 2 heteroatoms. The van der Waals surface area contributed by atoms with Crippen LogP contribution in [0.15, 0.2) is 30.3 Å². The van der Waals surface area contributed by atoms with E-state index in [1.54, 1.807) is 0 Å². The van der Waals surface area contributed by atoms with E-state index in [2.05, 4.69) is 0 Å². The topological polar surface area (TPSA) is 9.23 Å². The van der Waals surface area contributed by atoms with Crippen LogP contribution in [-0.2, 0) is 21.5 Å². The summed E-state index contributed by atoms with van der Waals surface area (Å²) in [5, 5.41) is 0. The second-order valence-corrected chi connectivity index (χ2v) is 2.06. The second kappa shape index (κ2) is 2.92. The van der Waals surface area contributed by atoms with E-state index in [-0.39, 0.29) is 0 Å². The Morgan fingerprint density at radius 3 is 2.12 bits per heavy atom. The van der Waals surface area contributed by atoms with Crippen molar-refractivity contribution in [2.24, 2.45) is 0 Å². The van der Waals surface area contributed by atoms with Gasteiger partial charge in [-0.25, -0.2) is 0 Å². The van der Waals surface area contributed by atoms with Crippen LogP contribution in [0.2, 0.25) is 0 Å². The number of benzene rings is 1. The van der Waals surface area contributed by atoms with Gasteiger partial charge in [0, 0.05) is 0 Å². The van der Waals surface area contributed by atoms with E-state index in [0.29, 0.717) is 0 Å². The van der Waals surface area contributed by atoms with Crippen LogP contribution in [0.1, 0.15) is 0 Å². The van der Waals surface area contributed by atoms with Gasteiger partial charge in [-0.3, -0.25) is 0 Å². The van der Waals surface area contributed by atoms with E-state index >= 15 is 0 Å². The standard InChI is InChI=1S/C6H6O.Ta/c7-6-4-2-1-3-5-6;/h1-5,7H;/q;+1/p-1. The first-order chi connectivity index (χ1) is 3.93. The molecule has 0 amide bonds. The summed E-state index contributed by atoms with van der Waals surface area (Å²) in [4.78, 5) is 0. The maximum absolute atomic E-state index is 5.03. The molecule has 0 radical (unpaired) electrons. The van der Waals surface area contributed by atoms with Gasteiger partial charge in [-0.1, -0.05) is 0 Å². The van der Waals surface area contributed by atoms with Crippen LogP contribution in [0.4, 0.5) is 0 Å². The summed E-state index contributed by atoms with van der Waals surface area (Å²) >= 11 is 0.954. The number of para-hydroxylation sites is 1. The monoisotopic (exact) mass is 274 g/mol. The zero-order valence-corrected chi connectivity index (χ0v) is 7.46. The molecular weight excluding hydrogens is 269 g/mol. The molecule has 0 aliphatic rings. The minimum absolute atomic E-state index is 0.954. The molecule has 40 valence electrons. The van der Waals surface area contributed by atoms with Gasteiger partial charge in [-0.05, 0) is 0 Å². The Morgan fingerprint density at radius 1 is 1.12 bits per heavy atom. The Kier molecular flexibility index (Phi) is 2.15. The third-order valence-electron chi connectivity index (χ3n) is 0.849. The van der Waals surface area contributed by atoms with Crippen molar-refractivity contribution in [3.8, 4) is 5.75 Å². The predicted molar refractivity (Wildman–Crippen MR) is 27.1 cm³/mol. The molecule has 0 saturated heterocycles. The van der Waals surface area contributed by atoms with E-state index in [4.69, 9.17) is 3.24 Å². The fourth-order valence-corrected chi connectivity index (χ4v) is 0.919. The first-order valence-corrected chi connectivity index (χ1v) is 3.61. The van der Waals surface area contributed by atoms with Crippen LogP contribution in [0, 0.1) is 0 Å². The van der Waals surface area contributed by atoms with Crippen LogP contribution < -0.4 is 3.24 Å². The van der Waals surface area contributed by atoms with Crippen molar-refractivity contribution in [1.29, 1.82) is 0 Å². The second-order valence-electron chi connectivity index (χ2n) is 1.40. The molecule has 1 aromatic rings. The van der Waals surface area contributed by atoms with Gasteiger partial charge in [0.15, 0.2) is 0 Å². The molecule has 0 unspecified atom stereocenters. The molecule has 0 heterocycles. The summed E-state index contributed by atoms with van der Waals surface area (Å²) in [6, 6.07) is 9.78. The summed E-state index contributed by atoms with van der Waals surface area (Å²) in [7, 11) is 0. The fraction of sp³-hybridized carbons (Fsp3) is 0. The Labute approximate surface area is 61.1 Å². The predicted octanol–water partition coefficient (Wildman–Crippen LogP) is 1.53. The third kappa shape index (κ3) is 1.37. The fourth-order valence-electron chi connectivity index (χ4n) is 0.481.